The smallest absolute Gasteiger partial charge is 0.291 e. The summed E-state index contributed by atoms with van der Waals surface area (Å²) in [4.78, 5) is 25.1. The normalized spacial score (nSPS) is 11.0. The van der Waals surface area contributed by atoms with Gasteiger partial charge in [-0.2, -0.15) is 0 Å². The van der Waals surface area contributed by atoms with Crippen LogP contribution in [0.3, 0.4) is 0 Å². The number of carbonyl (C=O) groups is 2. The predicted molar refractivity (Wildman–Crippen MR) is 164 cm³/mol. The number of hydrogen-bond donors (Lipinski definition) is 3. The lowest BCUT2D eigenvalue weighted by Gasteiger charge is -2.13. The third-order valence-corrected chi connectivity index (χ3v) is 6.69. The van der Waals surface area contributed by atoms with Gasteiger partial charge in [-0.05, 0) is 73.2 Å². The standard InChI is InChI=1S/C31H24ClN3O5S/c1-18-7-8-20(15-23(18)32)26-13-10-22(39-26)11-14-29(36)35-31(41)33-21-9-12-24(27(17-21)38-2)34-30(37)28-16-19-5-3-4-6-25(19)40-28/h3-17H,1-2H3,(H,34,37)(H2,33,35,36,41)/b14-11+. The number of fused-ring (bicyclic) bond motifs is 1. The number of methoxy groups -OCH3 is 1. The molecule has 5 aromatic rings. The first-order chi connectivity index (χ1) is 19.8. The van der Waals surface area contributed by atoms with Crippen LogP contribution < -0.4 is 20.7 Å². The van der Waals surface area contributed by atoms with Crippen LogP contribution in [0.5, 0.6) is 5.75 Å². The Morgan fingerprint density at radius 1 is 0.951 bits per heavy atom. The molecule has 0 aliphatic carbocycles. The number of rotatable bonds is 7. The Kier molecular flexibility index (Phi) is 8.19. The zero-order valence-corrected chi connectivity index (χ0v) is 23.6. The number of thiocarbonyl (C=S) groups is 1. The van der Waals surface area contributed by atoms with Gasteiger partial charge in [-0.1, -0.05) is 41.9 Å². The van der Waals surface area contributed by atoms with Gasteiger partial charge in [-0.25, -0.2) is 0 Å². The molecule has 41 heavy (non-hydrogen) atoms. The summed E-state index contributed by atoms with van der Waals surface area (Å²) in [5.74, 6) is 0.836. The molecule has 5 rings (SSSR count). The Morgan fingerprint density at radius 2 is 1.78 bits per heavy atom. The SMILES string of the molecule is COc1cc(NC(=S)NC(=O)/C=C/c2ccc(-c3ccc(C)c(Cl)c3)o2)ccc1NC(=O)c1cc2ccccc2o1. The molecule has 0 aliphatic rings. The second-order valence-corrected chi connectivity index (χ2v) is 9.78. The Labute approximate surface area is 245 Å². The summed E-state index contributed by atoms with van der Waals surface area (Å²) >= 11 is 11.5. The van der Waals surface area contributed by atoms with Crippen molar-refractivity contribution in [2.75, 3.05) is 17.7 Å². The van der Waals surface area contributed by atoms with E-state index in [4.69, 9.17) is 37.4 Å². The lowest BCUT2D eigenvalue weighted by Crippen LogP contribution is -2.32. The van der Waals surface area contributed by atoms with E-state index in [1.807, 2.05) is 43.3 Å². The summed E-state index contributed by atoms with van der Waals surface area (Å²) in [5, 5.41) is 9.86. The quantitative estimate of drug-likeness (QED) is 0.135. The van der Waals surface area contributed by atoms with E-state index in [-0.39, 0.29) is 10.9 Å². The zero-order chi connectivity index (χ0) is 28.9. The van der Waals surface area contributed by atoms with E-state index in [0.717, 1.165) is 16.5 Å². The average molecular weight is 586 g/mol. The monoisotopic (exact) mass is 585 g/mol. The van der Waals surface area contributed by atoms with E-state index < -0.39 is 11.8 Å². The Morgan fingerprint density at radius 3 is 2.56 bits per heavy atom. The number of ether oxygens (including phenoxy) is 1. The minimum atomic E-state index is -0.444. The second-order valence-electron chi connectivity index (χ2n) is 8.96. The topological polar surface area (TPSA) is 106 Å². The summed E-state index contributed by atoms with van der Waals surface area (Å²) in [6.07, 6.45) is 2.86. The molecular weight excluding hydrogens is 562 g/mol. The number of amides is 2. The van der Waals surface area contributed by atoms with Gasteiger partial charge in [0.05, 0.1) is 12.8 Å². The van der Waals surface area contributed by atoms with Crippen LogP contribution in [0.2, 0.25) is 5.02 Å². The fourth-order valence-corrected chi connectivity index (χ4v) is 4.37. The van der Waals surface area contributed by atoms with Gasteiger partial charge in [0.2, 0.25) is 5.91 Å². The third-order valence-electron chi connectivity index (χ3n) is 6.08. The summed E-state index contributed by atoms with van der Waals surface area (Å²) in [7, 11) is 1.48. The Hall–Kier alpha value is -4.86. The first-order valence-electron chi connectivity index (χ1n) is 12.4. The molecule has 10 heteroatoms. The maximum Gasteiger partial charge on any atom is 0.291 e. The number of halogens is 1. The van der Waals surface area contributed by atoms with E-state index >= 15 is 0 Å². The molecule has 0 bridgehead atoms. The van der Waals surface area contributed by atoms with Crippen LogP contribution in [-0.2, 0) is 4.79 Å². The van der Waals surface area contributed by atoms with Crippen LogP contribution in [0, 0.1) is 6.92 Å². The van der Waals surface area contributed by atoms with E-state index in [1.54, 1.807) is 48.5 Å². The second kappa shape index (κ2) is 12.1. The van der Waals surface area contributed by atoms with Crippen LogP contribution in [0.1, 0.15) is 21.9 Å². The van der Waals surface area contributed by atoms with Gasteiger partial charge in [0.15, 0.2) is 10.9 Å². The summed E-state index contributed by atoms with van der Waals surface area (Å²) in [5.41, 5.74) is 3.42. The van der Waals surface area contributed by atoms with Crippen molar-refractivity contribution in [2.24, 2.45) is 0 Å². The highest BCUT2D eigenvalue weighted by atomic mass is 35.5. The largest absolute Gasteiger partial charge is 0.494 e. The number of aryl methyl sites for hydroxylation is 1. The minimum absolute atomic E-state index is 0.0789. The molecule has 3 aromatic carbocycles. The molecule has 0 radical (unpaired) electrons. The van der Waals surface area contributed by atoms with E-state index in [0.29, 0.717) is 39.3 Å². The van der Waals surface area contributed by atoms with Crippen LogP contribution in [0.4, 0.5) is 11.4 Å². The van der Waals surface area contributed by atoms with Gasteiger partial charge in [-0.15, -0.1) is 0 Å². The summed E-state index contributed by atoms with van der Waals surface area (Å²) in [6.45, 7) is 1.93. The van der Waals surface area contributed by atoms with Gasteiger partial charge in [-0.3, -0.25) is 14.9 Å². The molecule has 0 fully saturated rings. The maximum atomic E-state index is 12.7. The highest BCUT2D eigenvalue weighted by Gasteiger charge is 2.15. The van der Waals surface area contributed by atoms with Gasteiger partial charge >= 0.3 is 0 Å². The average Bonchev–Trinajstić information content (AvgIpc) is 3.62. The Bertz CT molecular complexity index is 1770. The number of para-hydroxylation sites is 1. The Balaban J connectivity index is 1.17. The van der Waals surface area contributed by atoms with Crippen molar-refractivity contribution in [2.45, 2.75) is 6.92 Å². The van der Waals surface area contributed by atoms with Crippen LogP contribution in [0.25, 0.3) is 28.4 Å². The van der Waals surface area contributed by atoms with Crippen LogP contribution in [-0.4, -0.2) is 24.0 Å². The number of nitrogens with one attached hydrogen (secondary N) is 3. The summed E-state index contributed by atoms with van der Waals surface area (Å²) in [6, 6.07) is 23.2. The van der Waals surface area contributed by atoms with Crippen molar-refractivity contribution in [3.63, 3.8) is 0 Å². The zero-order valence-electron chi connectivity index (χ0n) is 22.0. The number of carbonyl (C=O) groups excluding carboxylic acids is 2. The molecule has 0 spiro atoms. The highest BCUT2D eigenvalue weighted by Crippen LogP contribution is 2.30. The predicted octanol–water partition coefficient (Wildman–Crippen LogP) is 7.44. The van der Waals surface area contributed by atoms with E-state index in [9.17, 15) is 9.59 Å². The highest BCUT2D eigenvalue weighted by molar-refractivity contribution is 7.80. The fourth-order valence-electron chi connectivity index (χ4n) is 3.97. The minimum Gasteiger partial charge on any atom is -0.494 e. The molecule has 206 valence electrons. The first kappa shape index (κ1) is 27.7. The van der Waals surface area contributed by atoms with Crippen molar-refractivity contribution < 1.29 is 23.2 Å². The third kappa shape index (κ3) is 6.66. The van der Waals surface area contributed by atoms with Gasteiger partial charge in [0.25, 0.3) is 5.91 Å². The molecule has 0 aliphatic heterocycles. The molecule has 0 saturated carbocycles. The van der Waals surface area contributed by atoms with Gasteiger partial charge < -0.3 is 24.2 Å². The number of furan rings is 2. The van der Waals surface area contributed by atoms with E-state index in [1.165, 1.54) is 13.2 Å². The van der Waals surface area contributed by atoms with Crippen molar-refractivity contribution in [3.05, 3.63) is 107 Å². The lowest BCUT2D eigenvalue weighted by molar-refractivity contribution is -0.115. The molecular formula is C31H24ClN3O5S. The number of benzene rings is 3. The fraction of sp³-hybridized carbons (Fsp3) is 0.0645. The molecule has 0 saturated heterocycles. The van der Waals surface area contributed by atoms with Crippen LogP contribution >= 0.6 is 23.8 Å². The number of anilines is 2. The number of hydrogen-bond acceptors (Lipinski definition) is 6. The first-order valence-corrected chi connectivity index (χ1v) is 13.2. The maximum absolute atomic E-state index is 12.7. The molecule has 2 heterocycles. The lowest BCUT2D eigenvalue weighted by atomic mass is 10.1. The van der Waals surface area contributed by atoms with Crippen molar-refractivity contribution in [1.82, 2.24) is 5.32 Å². The van der Waals surface area contributed by atoms with Crippen molar-refractivity contribution >= 4 is 69.2 Å². The van der Waals surface area contributed by atoms with Gasteiger partial charge in [0, 0.05) is 33.8 Å². The molecule has 2 aromatic heterocycles. The molecule has 0 atom stereocenters. The summed E-state index contributed by atoms with van der Waals surface area (Å²) < 4.78 is 16.9. The van der Waals surface area contributed by atoms with Gasteiger partial charge in [0.1, 0.15) is 22.9 Å². The molecule has 2 amide bonds. The molecule has 8 nitrogen and oxygen atoms in total. The van der Waals surface area contributed by atoms with Crippen molar-refractivity contribution in [1.29, 1.82) is 0 Å². The van der Waals surface area contributed by atoms with Crippen molar-refractivity contribution in [3.8, 4) is 17.1 Å². The molecule has 0 unspecified atom stereocenters. The van der Waals surface area contributed by atoms with Crippen LogP contribution in [0.15, 0.2) is 93.8 Å². The molecule has 3 N–H and O–H groups in total. The van der Waals surface area contributed by atoms with E-state index in [2.05, 4.69) is 16.0 Å².